The van der Waals surface area contributed by atoms with Crippen LogP contribution in [0, 0.1) is 22.7 Å². The smallest absolute Gasteiger partial charge is 0.115 e. The molecular formula is C31H47NO3. The number of allylic oxidation sites excluding steroid dienone is 1. The summed E-state index contributed by atoms with van der Waals surface area (Å²) < 4.78 is 5.46. The van der Waals surface area contributed by atoms with E-state index in [0.29, 0.717) is 23.5 Å². The molecule has 35 heavy (non-hydrogen) atoms. The predicted octanol–water partition coefficient (Wildman–Crippen LogP) is 6.06. The van der Waals surface area contributed by atoms with Gasteiger partial charge in [0.1, 0.15) is 5.75 Å². The number of morpholine rings is 1. The van der Waals surface area contributed by atoms with Crippen molar-refractivity contribution in [3.05, 3.63) is 42.0 Å². The fraction of sp³-hybridized carbons (Fsp3) is 0.742. The van der Waals surface area contributed by atoms with Crippen molar-refractivity contribution < 1.29 is 14.9 Å². The van der Waals surface area contributed by atoms with Gasteiger partial charge in [-0.25, -0.2) is 0 Å². The molecule has 0 aromatic heterocycles. The van der Waals surface area contributed by atoms with E-state index < -0.39 is 0 Å². The second-order valence-electron chi connectivity index (χ2n) is 12.3. The number of aliphatic hydroxyl groups excluding tert-OH is 1. The van der Waals surface area contributed by atoms with Gasteiger partial charge in [0, 0.05) is 13.1 Å². The first-order chi connectivity index (χ1) is 17.0. The van der Waals surface area contributed by atoms with E-state index in [9.17, 15) is 10.2 Å². The van der Waals surface area contributed by atoms with Crippen molar-refractivity contribution in [2.24, 2.45) is 22.7 Å². The molecule has 1 unspecified atom stereocenters. The largest absolute Gasteiger partial charge is 0.508 e. The van der Waals surface area contributed by atoms with E-state index in [0.717, 1.165) is 58.4 Å². The van der Waals surface area contributed by atoms with E-state index in [-0.39, 0.29) is 16.9 Å². The third kappa shape index (κ3) is 4.71. The molecule has 194 valence electrons. The monoisotopic (exact) mass is 481 g/mol. The van der Waals surface area contributed by atoms with Crippen LogP contribution in [0.25, 0.3) is 0 Å². The molecule has 3 fully saturated rings. The molecule has 4 aliphatic rings. The van der Waals surface area contributed by atoms with E-state index in [1.165, 1.54) is 56.2 Å². The Kier molecular flexibility index (Phi) is 7.63. The van der Waals surface area contributed by atoms with Gasteiger partial charge in [0.05, 0.1) is 19.3 Å². The van der Waals surface area contributed by atoms with Crippen molar-refractivity contribution in [3.8, 4) is 5.75 Å². The minimum atomic E-state index is -0.186. The number of aliphatic hydroxyl groups is 1. The predicted molar refractivity (Wildman–Crippen MR) is 142 cm³/mol. The molecule has 4 nitrogen and oxygen atoms in total. The highest BCUT2D eigenvalue weighted by molar-refractivity contribution is 5.43. The molecule has 0 amide bonds. The third-order valence-electron chi connectivity index (χ3n) is 10.5. The van der Waals surface area contributed by atoms with Gasteiger partial charge in [0.25, 0.3) is 0 Å². The van der Waals surface area contributed by atoms with Gasteiger partial charge >= 0.3 is 0 Å². The fourth-order valence-electron chi connectivity index (χ4n) is 8.79. The Hall–Kier alpha value is -1.36. The molecule has 2 N–H and O–H groups in total. The van der Waals surface area contributed by atoms with Crippen LogP contribution in [0.1, 0.15) is 88.2 Å². The van der Waals surface area contributed by atoms with Crippen molar-refractivity contribution in [1.29, 1.82) is 0 Å². The molecule has 1 aromatic carbocycles. The quantitative estimate of drug-likeness (QED) is 0.332. The molecule has 5 rings (SSSR count). The number of aromatic hydroxyl groups is 1. The van der Waals surface area contributed by atoms with Crippen molar-refractivity contribution in [1.82, 2.24) is 4.90 Å². The number of phenols is 1. The SMILES string of the molecule is C=CC12CCc3cc(O)ccc3[C@H]1[C@@H](CCCCCCCN1CCOCC1)C[C@]1(C)[C@@H](O)CC[C@@H]21. The van der Waals surface area contributed by atoms with E-state index in [1.54, 1.807) is 0 Å². The third-order valence-corrected chi connectivity index (χ3v) is 10.5. The molecule has 4 heteroatoms. The lowest BCUT2D eigenvalue weighted by atomic mass is 9.44. The summed E-state index contributed by atoms with van der Waals surface area (Å²) in [6.45, 7) is 12.0. The van der Waals surface area contributed by atoms with Crippen LogP contribution >= 0.6 is 0 Å². The molecule has 2 saturated carbocycles. The van der Waals surface area contributed by atoms with Crippen LogP contribution in [0.3, 0.4) is 0 Å². The Balaban J connectivity index is 1.26. The summed E-state index contributed by atoms with van der Waals surface area (Å²) in [6.07, 6.45) is 15.1. The lowest BCUT2D eigenvalue weighted by molar-refractivity contribution is -0.0812. The summed E-state index contributed by atoms with van der Waals surface area (Å²) in [5.74, 6) is 1.93. The molecule has 3 aliphatic carbocycles. The summed E-state index contributed by atoms with van der Waals surface area (Å²) in [6, 6.07) is 6.10. The van der Waals surface area contributed by atoms with E-state index >= 15 is 0 Å². The molecule has 1 aliphatic heterocycles. The molecule has 6 atom stereocenters. The van der Waals surface area contributed by atoms with Gasteiger partial charge in [0.2, 0.25) is 0 Å². The van der Waals surface area contributed by atoms with Crippen molar-refractivity contribution in [2.45, 2.75) is 89.6 Å². The highest BCUT2D eigenvalue weighted by atomic mass is 16.5. The lowest BCUT2D eigenvalue weighted by Gasteiger charge is -2.60. The zero-order chi connectivity index (χ0) is 24.5. The molecular weight excluding hydrogens is 434 g/mol. The number of fused-ring (bicyclic) bond motifs is 5. The number of phenolic OH excluding ortho intramolecular Hbond substituents is 1. The van der Waals surface area contributed by atoms with Crippen molar-refractivity contribution in [3.63, 3.8) is 0 Å². The van der Waals surface area contributed by atoms with Crippen LogP contribution < -0.4 is 0 Å². The Labute approximate surface area is 212 Å². The number of aryl methyl sites for hydroxylation is 1. The highest BCUT2D eigenvalue weighted by Gasteiger charge is 2.63. The summed E-state index contributed by atoms with van der Waals surface area (Å²) in [7, 11) is 0. The van der Waals surface area contributed by atoms with Gasteiger partial charge in [-0.3, -0.25) is 4.90 Å². The number of rotatable bonds is 9. The van der Waals surface area contributed by atoms with E-state index in [2.05, 4.69) is 30.5 Å². The second kappa shape index (κ2) is 10.6. The van der Waals surface area contributed by atoms with Crippen LogP contribution in [0.4, 0.5) is 0 Å². The summed E-state index contributed by atoms with van der Waals surface area (Å²) in [5.41, 5.74) is 2.86. The zero-order valence-electron chi connectivity index (χ0n) is 21.9. The topological polar surface area (TPSA) is 52.9 Å². The van der Waals surface area contributed by atoms with Crippen molar-refractivity contribution >= 4 is 0 Å². The molecule has 1 heterocycles. The molecule has 0 spiro atoms. The van der Waals surface area contributed by atoms with E-state index in [4.69, 9.17) is 4.74 Å². The van der Waals surface area contributed by atoms with Crippen LogP contribution in [0.2, 0.25) is 0 Å². The van der Waals surface area contributed by atoms with Crippen molar-refractivity contribution in [2.75, 3.05) is 32.8 Å². The van der Waals surface area contributed by atoms with Gasteiger partial charge in [-0.05, 0) is 103 Å². The Morgan fingerprint density at radius 3 is 2.69 bits per heavy atom. The van der Waals surface area contributed by atoms with Crippen LogP contribution in [0.15, 0.2) is 30.9 Å². The average Bonchev–Trinajstić information content (AvgIpc) is 3.17. The summed E-state index contributed by atoms with van der Waals surface area (Å²) in [5, 5.41) is 21.3. The standard InChI is InChI=1S/C31H47NO3/c1-3-31-15-14-23-21-25(33)10-11-26(23)29(31)24(22-30(2)27(31)12-13-28(30)34)9-7-5-4-6-8-16-32-17-19-35-20-18-32/h3,10-11,21,24,27-29,33-34H,1,4-9,12-20,22H2,2H3/t24-,27+,28-,29+,30-,31?/m0/s1. The molecule has 0 bridgehead atoms. The number of hydrogen-bond donors (Lipinski definition) is 2. The highest BCUT2D eigenvalue weighted by Crippen LogP contribution is 2.69. The second-order valence-corrected chi connectivity index (χ2v) is 12.3. The minimum absolute atomic E-state index is 0.00192. The number of hydrogen-bond acceptors (Lipinski definition) is 4. The first kappa shape index (κ1) is 25.3. The van der Waals surface area contributed by atoms with Crippen LogP contribution in [0.5, 0.6) is 5.75 Å². The minimum Gasteiger partial charge on any atom is -0.508 e. The zero-order valence-corrected chi connectivity index (χ0v) is 21.9. The average molecular weight is 482 g/mol. The van der Waals surface area contributed by atoms with Gasteiger partial charge in [-0.2, -0.15) is 0 Å². The maximum Gasteiger partial charge on any atom is 0.115 e. The van der Waals surface area contributed by atoms with Gasteiger partial charge < -0.3 is 14.9 Å². The lowest BCUT2D eigenvalue weighted by Crippen LogP contribution is -2.54. The fourth-order valence-corrected chi connectivity index (χ4v) is 8.79. The summed E-state index contributed by atoms with van der Waals surface area (Å²) >= 11 is 0. The number of ether oxygens (including phenoxy) is 1. The molecule has 0 radical (unpaired) electrons. The van der Waals surface area contributed by atoms with Gasteiger partial charge in [0.15, 0.2) is 0 Å². The van der Waals surface area contributed by atoms with Crippen LogP contribution in [-0.4, -0.2) is 54.1 Å². The Bertz CT molecular complexity index is 880. The Morgan fingerprint density at radius 1 is 1.11 bits per heavy atom. The van der Waals surface area contributed by atoms with Gasteiger partial charge in [-0.15, -0.1) is 6.58 Å². The molecule has 1 saturated heterocycles. The Morgan fingerprint density at radius 2 is 1.89 bits per heavy atom. The van der Waals surface area contributed by atoms with E-state index in [1.807, 2.05) is 12.1 Å². The van der Waals surface area contributed by atoms with Gasteiger partial charge in [-0.1, -0.05) is 44.7 Å². The molecule has 1 aromatic rings. The van der Waals surface area contributed by atoms with Crippen LogP contribution in [-0.2, 0) is 11.2 Å². The number of benzene rings is 1. The maximum absolute atomic E-state index is 11.1. The number of unbranched alkanes of at least 4 members (excludes halogenated alkanes) is 4. The first-order valence-electron chi connectivity index (χ1n) is 14.4. The first-order valence-corrected chi connectivity index (χ1v) is 14.4. The number of nitrogens with zero attached hydrogens (tertiary/aromatic N) is 1. The summed E-state index contributed by atoms with van der Waals surface area (Å²) in [4.78, 5) is 2.54. The normalized spacial score (nSPS) is 36.9. The maximum atomic E-state index is 11.1.